The first-order valence-electron chi connectivity index (χ1n) is 9.13. The van der Waals surface area contributed by atoms with Crippen molar-refractivity contribution < 1.29 is 26.3 Å². The van der Waals surface area contributed by atoms with Crippen molar-refractivity contribution in [2.24, 2.45) is 5.92 Å². The van der Waals surface area contributed by atoms with E-state index in [9.17, 15) is 26.3 Å². The standard InChI is InChI=1S/C19H27F6N/c1-4-6-7-8-10-26(12-13(3)9-5-2)15-11-14(20)17(21)16(18(15)22)19(23,24)25/h11,13H,4-10,12H2,1-3H3. The average Bonchev–Trinajstić information content (AvgIpc) is 2.53. The lowest BCUT2D eigenvalue weighted by molar-refractivity contribution is -0.142. The monoisotopic (exact) mass is 383 g/mol. The molecule has 0 heterocycles. The predicted molar refractivity (Wildman–Crippen MR) is 91.7 cm³/mol. The Labute approximate surface area is 151 Å². The quantitative estimate of drug-likeness (QED) is 0.240. The van der Waals surface area contributed by atoms with Crippen LogP contribution in [0.4, 0.5) is 32.0 Å². The molecule has 0 N–H and O–H groups in total. The predicted octanol–water partition coefficient (Wildman–Crippen LogP) is 6.95. The van der Waals surface area contributed by atoms with Crippen LogP contribution in [0.15, 0.2) is 6.07 Å². The number of halogens is 6. The highest BCUT2D eigenvalue weighted by Gasteiger charge is 2.41. The molecule has 0 bridgehead atoms. The van der Waals surface area contributed by atoms with Crippen LogP contribution in [0, 0.1) is 23.4 Å². The number of benzene rings is 1. The van der Waals surface area contributed by atoms with Crippen molar-refractivity contribution in [2.75, 3.05) is 18.0 Å². The molecular weight excluding hydrogens is 356 g/mol. The van der Waals surface area contributed by atoms with Gasteiger partial charge in [-0.05, 0) is 18.8 Å². The molecule has 0 aliphatic heterocycles. The smallest absolute Gasteiger partial charge is 0.369 e. The molecule has 0 aliphatic carbocycles. The van der Waals surface area contributed by atoms with Gasteiger partial charge >= 0.3 is 6.18 Å². The fraction of sp³-hybridized carbons (Fsp3) is 0.684. The van der Waals surface area contributed by atoms with Crippen molar-refractivity contribution in [3.8, 4) is 0 Å². The van der Waals surface area contributed by atoms with Crippen LogP contribution in [-0.4, -0.2) is 13.1 Å². The lowest BCUT2D eigenvalue weighted by Crippen LogP contribution is -2.31. The fourth-order valence-electron chi connectivity index (χ4n) is 3.07. The second kappa shape index (κ2) is 10.1. The molecule has 0 amide bonds. The number of hydrogen-bond acceptors (Lipinski definition) is 1. The fourth-order valence-corrected chi connectivity index (χ4v) is 3.07. The number of rotatable bonds is 10. The molecule has 0 radical (unpaired) electrons. The Morgan fingerprint density at radius 3 is 2.15 bits per heavy atom. The van der Waals surface area contributed by atoms with E-state index in [2.05, 4.69) is 0 Å². The molecule has 7 heteroatoms. The van der Waals surface area contributed by atoms with E-state index in [4.69, 9.17) is 0 Å². The number of anilines is 1. The third-order valence-corrected chi connectivity index (χ3v) is 4.36. The molecule has 0 aliphatic rings. The van der Waals surface area contributed by atoms with Crippen LogP contribution >= 0.6 is 0 Å². The van der Waals surface area contributed by atoms with E-state index in [0.29, 0.717) is 25.6 Å². The first kappa shape index (κ1) is 22.6. The minimum Gasteiger partial charge on any atom is -0.369 e. The van der Waals surface area contributed by atoms with Gasteiger partial charge in [0, 0.05) is 19.2 Å². The summed E-state index contributed by atoms with van der Waals surface area (Å²) in [5.41, 5.74) is -2.68. The van der Waals surface area contributed by atoms with Gasteiger partial charge in [-0.2, -0.15) is 13.2 Å². The Bertz CT molecular complexity index is 570. The first-order chi connectivity index (χ1) is 12.1. The summed E-state index contributed by atoms with van der Waals surface area (Å²) in [4.78, 5) is 1.42. The van der Waals surface area contributed by atoms with E-state index in [1.807, 2.05) is 20.8 Å². The summed E-state index contributed by atoms with van der Waals surface area (Å²) in [5.74, 6) is -5.52. The summed E-state index contributed by atoms with van der Waals surface area (Å²) < 4.78 is 80.9. The Morgan fingerprint density at radius 2 is 1.62 bits per heavy atom. The highest BCUT2D eigenvalue weighted by Crippen LogP contribution is 2.38. The van der Waals surface area contributed by atoms with Crippen LogP contribution in [0.3, 0.4) is 0 Å². The summed E-state index contributed by atoms with van der Waals surface area (Å²) in [6.45, 7) is 6.49. The molecule has 1 rings (SSSR count). The minimum atomic E-state index is -5.30. The molecule has 1 unspecified atom stereocenters. The molecule has 0 spiro atoms. The normalized spacial score (nSPS) is 13.1. The minimum absolute atomic E-state index is 0.0908. The molecule has 0 aromatic heterocycles. The van der Waals surface area contributed by atoms with E-state index in [1.165, 1.54) is 4.90 Å². The van der Waals surface area contributed by atoms with Crippen molar-refractivity contribution in [3.05, 3.63) is 29.1 Å². The molecule has 1 aromatic rings. The van der Waals surface area contributed by atoms with Gasteiger partial charge in [0.25, 0.3) is 0 Å². The van der Waals surface area contributed by atoms with E-state index in [-0.39, 0.29) is 5.92 Å². The van der Waals surface area contributed by atoms with Gasteiger partial charge in [0.1, 0.15) is 5.56 Å². The maximum Gasteiger partial charge on any atom is 0.422 e. The second-order valence-corrected chi connectivity index (χ2v) is 6.78. The van der Waals surface area contributed by atoms with Crippen LogP contribution in [0.5, 0.6) is 0 Å². The van der Waals surface area contributed by atoms with E-state index < -0.39 is 34.9 Å². The number of nitrogens with zero attached hydrogens (tertiary/aromatic N) is 1. The van der Waals surface area contributed by atoms with Gasteiger partial charge in [0.15, 0.2) is 17.5 Å². The van der Waals surface area contributed by atoms with E-state index in [1.54, 1.807) is 0 Å². The summed E-state index contributed by atoms with van der Waals surface area (Å²) in [7, 11) is 0. The van der Waals surface area contributed by atoms with Gasteiger partial charge in [-0.15, -0.1) is 0 Å². The molecule has 26 heavy (non-hydrogen) atoms. The third-order valence-electron chi connectivity index (χ3n) is 4.36. The highest BCUT2D eigenvalue weighted by atomic mass is 19.4. The lowest BCUT2D eigenvalue weighted by atomic mass is 10.0. The maximum absolute atomic E-state index is 14.5. The van der Waals surface area contributed by atoms with Gasteiger partial charge in [-0.1, -0.05) is 46.5 Å². The highest BCUT2D eigenvalue weighted by molar-refractivity contribution is 5.52. The van der Waals surface area contributed by atoms with Crippen LogP contribution in [0.25, 0.3) is 0 Å². The Morgan fingerprint density at radius 1 is 0.962 bits per heavy atom. The third kappa shape index (κ3) is 6.09. The van der Waals surface area contributed by atoms with Crippen molar-refractivity contribution in [1.29, 1.82) is 0 Å². The van der Waals surface area contributed by atoms with Crippen LogP contribution in [-0.2, 0) is 6.18 Å². The van der Waals surface area contributed by atoms with Gasteiger partial charge in [-0.3, -0.25) is 0 Å². The lowest BCUT2D eigenvalue weighted by Gasteiger charge is -2.29. The summed E-state index contributed by atoms with van der Waals surface area (Å²) in [6.07, 6.45) is -0.203. The van der Waals surface area contributed by atoms with Crippen molar-refractivity contribution in [2.45, 2.75) is 65.5 Å². The largest absolute Gasteiger partial charge is 0.422 e. The van der Waals surface area contributed by atoms with Crippen molar-refractivity contribution in [1.82, 2.24) is 0 Å². The zero-order valence-electron chi connectivity index (χ0n) is 15.5. The molecule has 0 saturated heterocycles. The molecule has 0 saturated carbocycles. The van der Waals surface area contributed by atoms with Crippen molar-refractivity contribution in [3.63, 3.8) is 0 Å². The van der Waals surface area contributed by atoms with Crippen LogP contribution in [0.2, 0.25) is 0 Å². The maximum atomic E-state index is 14.5. The molecule has 150 valence electrons. The van der Waals surface area contributed by atoms with Crippen molar-refractivity contribution >= 4 is 5.69 Å². The van der Waals surface area contributed by atoms with E-state index >= 15 is 0 Å². The molecule has 1 aromatic carbocycles. The van der Waals surface area contributed by atoms with Gasteiger partial charge in [0.05, 0.1) is 5.69 Å². The molecule has 1 nitrogen and oxygen atoms in total. The number of unbranched alkanes of at least 4 members (excludes halogenated alkanes) is 3. The Hall–Kier alpha value is -1.40. The zero-order valence-corrected chi connectivity index (χ0v) is 15.5. The van der Waals surface area contributed by atoms with Gasteiger partial charge < -0.3 is 4.90 Å². The molecular formula is C19H27F6N. The molecule has 0 fully saturated rings. The number of alkyl halides is 3. The summed E-state index contributed by atoms with van der Waals surface area (Å²) in [6, 6.07) is 0.540. The first-order valence-corrected chi connectivity index (χ1v) is 9.13. The Kier molecular flexibility index (Phi) is 8.77. The van der Waals surface area contributed by atoms with Gasteiger partial charge in [-0.25, -0.2) is 13.2 Å². The summed E-state index contributed by atoms with van der Waals surface area (Å²) >= 11 is 0. The second-order valence-electron chi connectivity index (χ2n) is 6.78. The Balaban J connectivity index is 3.24. The molecule has 1 atom stereocenters. The topological polar surface area (TPSA) is 3.24 Å². The zero-order chi connectivity index (χ0) is 19.9. The van der Waals surface area contributed by atoms with Gasteiger partial charge in [0.2, 0.25) is 0 Å². The summed E-state index contributed by atoms with van der Waals surface area (Å²) in [5, 5.41) is 0. The van der Waals surface area contributed by atoms with Crippen LogP contribution < -0.4 is 4.90 Å². The van der Waals surface area contributed by atoms with Crippen LogP contribution in [0.1, 0.15) is 64.9 Å². The number of hydrogen-bond donors (Lipinski definition) is 0. The SMILES string of the molecule is CCCCCCN(CC(C)CCC)c1cc(F)c(F)c(C(F)(F)F)c1F. The van der Waals surface area contributed by atoms with E-state index in [0.717, 1.165) is 32.1 Å². The average molecular weight is 383 g/mol.